The first-order valence-corrected chi connectivity index (χ1v) is 5.10. The molecule has 0 aromatic heterocycles. The zero-order valence-corrected chi connectivity index (χ0v) is 8.50. The maximum absolute atomic E-state index is 13.2. The summed E-state index contributed by atoms with van der Waals surface area (Å²) in [5.74, 6) is -1.98. The first-order valence-electron chi connectivity index (χ1n) is 5.10. The van der Waals surface area contributed by atoms with Crippen LogP contribution in [0.4, 0.5) is 8.78 Å². The topological polar surface area (TPSA) is 44.5 Å². The Morgan fingerprint density at radius 3 is 2.56 bits per heavy atom. The van der Waals surface area contributed by atoms with E-state index in [1.807, 2.05) is 0 Å². The van der Waals surface area contributed by atoms with Gasteiger partial charge < -0.3 is 15.2 Å². The fourth-order valence-electron chi connectivity index (χ4n) is 2.02. The summed E-state index contributed by atoms with van der Waals surface area (Å²) in [6, 6.07) is 4.93. The van der Waals surface area contributed by atoms with Gasteiger partial charge in [0.15, 0.2) is 11.5 Å². The molecular weight excluding hydrogens is 216 g/mol. The average molecular weight is 227 g/mol. The van der Waals surface area contributed by atoms with Gasteiger partial charge in [-0.05, 0) is 6.07 Å². The summed E-state index contributed by atoms with van der Waals surface area (Å²) in [5.41, 5.74) is 4.44. The van der Waals surface area contributed by atoms with Gasteiger partial charge in [0.25, 0.3) is 5.92 Å². The van der Waals surface area contributed by atoms with Gasteiger partial charge in [-0.15, -0.1) is 0 Å². The molecule has 3 nitrogen and oxygen atoms in total. The van der Waals surface area contributed by atoms with Crippen molar-refractivity contribution in [2.24, 2.45) is 5.73 Å². The van der Waals surface area contributed by atoms with Gasteiger partial charge in [-0.1, -0.05) is 12.1 Å². The molecule has 1 heterocycles. The second-order valence-corrected chi connectivity index (χ2v) is 4.18. The van der Waals surface area contributed by atoms with Crippen molar-refractivity contribution in [3.05, 3.63) is 23.8 Å². The van der Waals surface area contributed by atoms with Crippen molar-refractivity contribution in [2.75, 3.05) is 13.2 Å². The fourth-order valence-corrected chi connectivity index (χ4v) is 2.02. The number of hydrogen-bond donors (Lipinski definition) is 1. The van der Waals surface area contributed by atoms with Crippen LogP contribution in [0.15, 0.2) is 18.2 Å². The van der Waals surface area contributed by atoms with Crippen LogP contribution in [0, 0.1) is 0 Å². The van der Waals surface area contributed by atoms with E-state index < -0.39 is 11.5 Å². The molecule has 3 rings (SSSR count). The van der Waals surface area contributed by atoms with E-state index >= 15 is 0 Å². The largest absolute Gasteiger partial charge is 0.486 e. The van der Waals surface area contributed by atoms with Crippen LogP contribution >= 0.6 is 0 Å². The third-order valence-electron chi connectivity index (χ3n) is 3.08. The van der Waals surface area contributed by atoms with Gasteiger partial charge in [-0.25, -0.2) is 8.78 Å². The Morgan fingerprint density at radius 2 is 1.88 bits per heavy atom. The number of benzene rings is 1. The normalized spacial score (nSPS) is 29.9. The van der Waals surface area contributed by atoms with Gasteiger partial charge in [0.1, 0.15) is 18.8 Å². The molecule has 0 bridgehead atoms. The minimum Gasteiger partial charge on any atom is -0.486 e. The molecule has 1 aromatic rings. The summed E-state index contributed by atoms with van der Waals surface area (Å²) in [4.78, 5) is 0. The summed E-state index contributed by atoms with van der Waals surface area (Å²) in [7, 11) is 0. The molecular formula is C11H11F2NO2. The van der Waals surface area contributed by atoms with Crippen LogP contribution in [0.3, 0.4) is 0 Å². The lowest BCUT2D eigenvalue weighted by Crippen LogP contribution is -2.29. The molecule has 86 valence electrons. The van der Waals surface area contributed by atoms with E-state index in [1.165, 1.54) is 0 Å². The highest BCUT2D eigenvalue weighted by molar-refractivity contribution is 5.54. The van der Waals surface area contributed by atoms with Crippen molar-refractivity contribution in [2.45, 2.75) is 17.9 Å². The number of hydrogen-bond acceptors (Lipinski definition) is 3. The highest BCUT2D eigenvalue weighted by Gasteiger charge is 2.71. The molecule has 0 radical (unpaired) electrons. The number of alkyl halides is 2. The number of ether oxygens (including phenoxy) is 2. The summed E-state index contributed by atoms with van der Waals surface area (Å²) < 4.78 is 37.1. The minimum atomic E-state index is -2.84. The number of fused-ring (bicyclic) bond motifs is 1. The van der Waals surface area contributed by atoms with Gasteiger partial charge in [0.2, 0.25) is 0 Å². The lowest BCUT2D eigenvalue weighted by Gasteiger charge is -2.23. The van der Waals surface area contributed by atoms with Crippen molar-refractivity contribution in [1.29, 1.82) is 0 Å². The van der Waals surface area contributed by atoms with Gasteiger partial charge >= 0.3 is 0 Å². The Bertz CT molecular complexity index is 450. The van der Waals surface area contributed by atoms with E-state index in [0.717, 1.165) is 0 Å². The molecule has 1 unspecified atom stereocenters. The average Bonchev–Trinajstić information content (AvgIpc) is 2.78. The Morgan fingerprint density at radius 1 is 1.19 bits per heavy atom. The maximum atomic E-state index is 13.2. The molecule has 0 saturated heterocycles. The van der Waals surface area contributed by atoms with E-state index in [2.05, 4.69) is 0 Å². The monoisotopic (exact) mass is 227 g/mol. The fraction of sp³-hybridized carbons (Fsp3) is 0.455. The van der Waals surface area contributed by atoms with Crippen LogP contribution in [0.1, 0.15) is 12.0 Å². The second kappa shape index (κ2) is 2.85. The van der Waals surface area contributed by atoms with Crippen LogP contribution in [0.5, 0.6) is 11.5 Å². The third kappa shape index (κ3) is 1.15. The quantitative estimate of drug-likeness (QED) is 0.793. The van der Waals surface area contributed by atoms with Gasteiger partial charge in [-0.2, -0.15) is 0 Å². The summed E-state index contributed by atoms with van der Waals surface area (Å²) >= 11 is 0. The van der Waals surface area contributed by atoms with Crippen LogP contribution in [0.25, 0.3) is 0 Å². The van der Waals surface area contributed by atoms with Crippen molar-refractivity contribution in [3.63, 3.8) is 0 Å². The Kier molecular flexibility index (Phi) is 1.75. The summed E-state index contributed by atoms with van der Waals surface area (Å²) in [6.07, 6.45) is -0.334. The van der Waals surface area contributed by atoms with Crippen molar-refractivity contribution >= 4 is 0 Å². The van der Waals surface area contributed by atoms with E-state index in [1.54, 1.807) is 18.2 Å². The first kappa shape index (κ1) is 9.84. The first-order chi connectivity index (χ1) is 7.55. The number of halogens is 2. The molecule has 1 atom stereocenters. The highest BCUT2D eigenvalue weighted by atomic mass is 19.3. The van der Waals surface area contributed by atoms with Gasteiger partial charge in [0.05, 0.1) is 0 Å². The molecule has 0 amide bonds. The van der Waals surface area contributed by atoms with Crippen LogP contribution in [-0.4, -0.2) is 19.1 Å². The standard InChI is InChI=1S/C11H11F2NO2/c12-11(13)6-10(11,14)7-2-1-3-8-9(7)16-5-4-15-8/h1-3H,4-6,14H2. The highest BCUT2D eigenvalue weighted by Crippen LogP contribution is 2.60. The zero-order valence-electron chi connectivity index (χ0n) is 8.50. The molecule has 1 aliphatic heterocycles. The molecule has 1 fully saturated rings. The lowest BCUT2D eigenvalue weighted by atomic mass is 10.0. The Balaban J connectivity index is 2.09. The van der Waals surface area contributed by atoms with E-state index in [4.69, 9.17) is 15.2 Å². The predicted molar refractivity (Wildman–Crippen MR) is 52.9 cm³/mol. The summed E-state index contributed by atoms with van der Waals surface area (Å²) in [5, 5.41) is 0. The molecule has 0 spiro atoms. The van der Waals surface area contributed by atoms with Gasteiger partial charge in [-0.3, -0.25) is 0 Å². The van der Waals surface area contributed by atoms with Gasteiger partial charge in [0, 0.05) is 12.0 Å². The molecule has 2 N–H and O–H groups in total. The summed E-state index contributed by atoms with van der Waals surface area (Å²) in [6.45, 7) is 0.802. The van der Waals surface area contributed by atoms with E-state index in [9.17, 15) is 8.78 Å². The Hall–Kier alpha value is -1.36. The van der Waals surface area contributed by atoms with Crippen molar-refractivity contribution in [3.8, 4) is 11.5 Å². The van der Waals surface area contributed by atoms with Crippen molar-refractivity contribution in [1.82, 2.24) is 0 Å². The van der Waals surface area contributed by atoms with E-state index in [-0.39, 0.29) is 6.42 Å². The smallest absolute Gasteiger partial charge is 0.272 e. The number of para-hydroxylation sites is 1. The SMILES string of the molecule is NC1(c2cccc3c2OCCO3)CC1(F)F. The Labute approximate surface area is 91.1 Å². The van der Waals surface area contributed by atoms with Crippen LogP contribution < -0.4 is 15.2 Å². The minimum absolute atomic E-state index is 0.334. The van der Waals surface area contributed by atoms with Crippen LogP contribution in [-0.2, 0) is 5.54 Å². The molecule has 16 heavy (non-hydrogen) atoms. The van der Waals surface area contributed by atoms with E-state index in [0.29, 0.717) is 30.3 Å². The molecule has 2 aliphatic rings. The molecule has 1 aliphatic carbocycles. The second-order valence-electron chi connectivity index (χ2n) is 4.18. The number of nitrogens with two attached hydrogens (primary N) is 1. The molecule has 1 saturated carbocycles. The third-order valence-corrected chi connectivity index (χ3v) is 3.08. The molecule has 1 aromatic carbocycles. The molecule has 5 heteroatoms. The van der Waals surface area contributed by atoms with Crippen molar-refractivity contribution < 1.29 is 18.3 Å². The lowest BCUT2D eigenvalue weighted by molar-refractivity contribution is 0.0869. The zero-order chi connectivity index (χ0) is 11.4. The number of rotatable bonds is 1. The van der Waals surface area contributed by atoms with Crippen LogP contribution in [0.2, 0.25) is 0 Å². The predicted octanol–water partition coefficient (Wildman–Crippen LogP) is 1.65. The maximum Gasteiger partial charge on any atom is 0.272 e.